The van der Waals surface area contributed by atoms with E-state index in [1.54, 1.807) is 24.5 Å². The molecule has 24 heavy (non-hydrogen) atoms. The molecule has 0 aliphatic carbocycles. The second kappa shape index (κ2) is 5.40. The lowest BCUT2D eigenvalue weighted by molar-refractivity contribution is 0.392. The van der Waals surface area contributed by atoms with E-state index in [0.717, 1.165) is 16.5 Å². The smallest absolute Gasteiger partial charge is 0.243 e. The summed E-state index contributed by atoms with van der Waals surface area (Å²) in [5.41, 5.74) is 3.02. The van der Waals surface area contributed by atoms with E-state index < -0.39 is 10.0 Å². The van der Waals surface area contributed by atoms with Crippen LogP contribution < -0.4 is 0 Å². The van der Waals surface area contributed by atoms with Crippen molar-refractivity contribution in [1.29, 1.82) is 5.26 Å². The molecular formula is C16H13N5O2S. The quantitative estimate of drug-likeness (QED) is 0.763. The van der Waals surface area contributed by atoms with E-state index in [4.69, 9.17) is 5.26 Å². The molecule has 0 unspecified atom stereocenters. The number of hydrogen-bond acceptors (Lipinski definition) is 5. The van der Waals surface area contributed by atoms with Crippen LogP contribution in [0.4, 0.5) is 0 Å². The molecule has 7 nitrogen and oxygen atoms in total. The third-order valence-electron chi connectivity index (χ3n) is 4.24. The Balaban J connectivity index is 1.72. The molecule has 0 bridgehead atoms. The maximum absolute atomic E-state index is 12.9. The number of fused-ring (bicyclic) bond motifs is 3. The molecule has 3 aromatic rings. The summed E-state index contributed by atoms with van der Waals surface area (Å²) in [6.07, 6.45) is 4.02. The lowest BCUT2D eigenvalue weighted by atomic mass is 10.0. The van der Waals surface area contributed by atoms with E-state index in [1.165, 1.54) is 16.4 Å². The van der Waals surface area contributed by atoms with Crippen LogP contribution in [0.3, 0.4) is 0 Å². The number of benzene rings is 1. The largest absolute Gasteiger partial charge is 0.261 e. The van der Waals surface area contributed by atoms with E-state index >= 15 is 0 Å². The fraction of sp³-hybridized carbons (Fsp3) is 0.188. The monoisotopic (exact) mass is 339 g/mol. The van der Waals surface area contributed by atoms with Crippen molar-refractivity contribution >= 4 is 21.1 Å². The first kappa shape index (κ1) is 14.8. The highest BCUT2D eigenvalue weighted by atomic mass is 32.2. The first-order chi connectivity index (χ1) is 11.6. The highest BCUT2D eigenvalue weighted by molar-refractivity contribution is 7.89. The Morgan fingerprint density at radius 2 is 2.17 bits per heavy atom. The molecule has 120 valence electrons. The summed E-state index contributed by atoms with van der Waals surface area (Å²) in [4.78, 5) is 4.43. The second-order valence-corrected chi connectivity index (χ2v) is 7.56. The summed E-state index contributed by atoms with van der Waals surface area (Å²) in [5.74, 6) is 0. The lowest BCUT2D eigenvalue weighted by Gasteiger charge is -2.28. The summed E-state index contributed by atoms with van der Waals surface area (Å²) in [7, 11) is -3.65. The first-order valence-corrected chi connectivity index (χ1v) is 8.84. The van der Waals surface area contributed by atoms with Gasteiger partial charge in [-0.05, 0) is 35.7 Å². The summed E-state index contributed by atoms with van der Waals surface area (Å²) in [5, 5.41) is 16.7. The van der Waals surface area contributed by atoms with Crippen molar-refractivity contribution in [2.75, 3.05) is 6.54 Å². The van der Waals surface area contributed by atoms with Gasteiger partial charge in [-0.2, -0.15) is 14.7 Å². The number of sulfonamides is 1. The fourth-order valence-electron chi connectivity index (χ4n) is 3.01. The molecule has 1 aliphatic rings. The van der Waals surface area contributed by atoms with Gasteiger partial charge in [0, 0.05) is 24.7 Å². The van der Waals surface area contributed by atoms with E-state index in [1.807, 2.05) is 6.07 Å². The van der Waals surface area contributed by atoms with Crippen LogP contribution in [0.1, 0.15) is 16.7 Å². The molecule has 0 amide bonds. The van der Waals surface area contributed by atoms with E-state index in [0.29, 0.717) is 24.2 Å². The van der Waals surface area contributed by atoms with Crippen LogP contribution in [0.5, 0.6) is 0 Å². The van der Waals surface area contributed by atoms with Crippen molar-refractivity contribution in [3.8, 4) is 6.07 Å². The second-order valence-electron chi connectivity index (χ2n) is 5.62. The topological polar surface area (TPSA) is 103 Å². The molecule has 4 rings (SSSR count). The molecule has 0 radical (unpaired) electrons. The summed E-state index contributed by atoms with van der Waals surface area (Å²) in [6.45, 7) is 0.652. The van der Waals surface area contributed by atoms with Gasteiger partial charge < -0.3 is 0 Å². The molecule has 8 heteroatoms. The molecule has 3 heterocycles. The van der Waals surface area contributed by atoms with E-state index in [2.05, 4.69) is 15.2 Å². The first-order valence-electron chi connectivity index (χ1n) is 7.40. The van der Waals surface area contributed by atoms with Gasteiger partial charge in [-0.1, -0.05) is 6.07 Å². The van der Waals surface area contributed by atoms with Crippen LogP contribution >= 0.6 is 0 Å². The minimum absolute atomic E-state index is 0.141. The zero-order chi connectivity index (χ0) is 16.7. The van der Waals surface area contributed by atoms with Crippen molar-refractivity contribution in [3.05, 3.63) is 53.3 Å². The number of nitriles is 1. The lowest BCUT2D eigenvalue weighted by Crippen LogP contribution is -2.36. The third kappa shape index (κ3) is 2.26. The zero-order valence-corrected chi connectivity index (χ0v) is 13.4. The van der Waals surface area contributed by atoms with Crippen LogP contribution in [0.2, 0.25) is 0 Å². The number of nitrogens with zero attached hydrogens (tertiary/aromatic N) is 4. The molecule has 0 saturated carbocycles. The molecule has 1 N–H and O–H groups in total. The van der Waals surface area contributed by atoms with Crippen LogP contribution in [-0.2, 0) is 23.0 Å². The van der Waals surface area contributed by atoms with Gasteiger partial charge in [0.2, 0.25) is 10.0 Å². The van der Waals surface area contributed by atoms with Gasteiger partial charge in [0.25, 0.3) is 0 Å². The number of aromatic nitrogens is 3. The van der Waals surface area contributed by atoms with Crippen molar-refractivity contribution < 1.29 is 8.42 Å². The molecule has 0 fully saturated rings. The Labute approximate surface area is 138 Å². The molecule has 1 aliphatic heterocycles. The molecule has 2 aromatic heterocycles. The van der Waals surface area contributed by atoms with Crippen LogP contribution in [0.15, 0.2) is 41.6 Å². The third-order valence-corrected chi connectivity index (χ3v) is 6.08. The van der Waals surface area contributed by atoms with E-state index in [-0.39, 0.29) is 11.4 Å². The minimum Gasteiger partial charge on any atom is -0.261 e. The maximum Gasteiger partial charge on any atom is 0.243 e. The standard InChI is InChI=1S/C16H13N5O2S/c17-7-11-2-1-3-13(6-11)24(22,23)21-5-4-14-12(10-21)8-18-16-15(14)9-19-20-16/h1-3,6,8-9H,4-5,10H2,(H,18,19,20). The Kier molecular flexibility index (Phi) is 3.33. The van der Waals surface area contributed by atoms with Gasteiger partial charge in [-0.15, -0.1) is 0 Å². The zero-order valence-electron chi connectivity index (χ0n) is 12.6. The predicted molar refractivity (Wildman–Crippen MR) is 86.3 cm³/mol. The van der Waals surface area contributed by atoms with Gasteiger partial charge >= 0.3 is 0 Å². The van der Waals surface area contributed by atoms with Gasteiger partial charge in [-0.3, -0.25) is 5.10 Å². The van der Waals surface area contributed by atoms with Gasteiger partial charge in [0.05, 0.1) is 22.7 Å². The Morgan fingerprint density at radius 3 is 3.00 bits per heavy atom. The summed E-state index contributed by atoms with van der Waals surface area (Å²) < 4.78 is 27.1. The van der Waals surface area contributed by atoms with Gasteiger partial charge in [-0.25, -0.2) is 13.4 Å². The minimum atomic E-state index is -3.65. The van der Waals surface area contributed by atoms with Crippen molar-refractivity contribution in [2.45, 2.75) is 17.9 Å². The molecule has 1 aromatic carbocycles. The number of pyridine rings is 1. The highest BCUT2D eigenvalue weighted by Crippen LogP contribution is 2.28. The number of rotatable bonds is 2. The number of hydrogen-bond donors (Lipinski definition) is 1. The SMILES string of the molecule is N#Cc1cccc(S(=O)(=O)N2CCc3c(cnc4[nH]ncc34)C2)c1. The molecule has 0 saturated heterocycles. The normalized spacial score (nSPS) is 15.1. The molecular weight excluding hydrogens is 326 g/mol. The van der Waals surface area contributed by atoms with Crippen LogP contribution in [-0.4, -0.2) is 34.4 Å². The average molecular weight is 339 g/mol. The Hall–Kier alpha value is -2.76. The van der Waals surface area contributed by atoms with Crippen LogP contribution in [0.25, 0.3) is 11.0 Å². The number of H-pyrrole nitrogens is 1. The van der Waals surface area contributed by atoms with Crippen molar-refractivity contribution in [3.63, 3.8) is 0 Å². The number of nitrogens with one attached hydrogen (secondary N) is 1. The Bertz CT molecular complexity index is 1080. The summed E-state index contributed by atoms with van der Waals surface area (Å²) >= 11 is 0. The molecule has 0 atom stereocenters. The van der Waals surface area contributed by atoms with Crippen LogP contribution in [0, 0.1) is 11.3 Å². The predicted octanol–water partition coefficient (Wildman–Crippen LogP) is 1.58. The molecule has 0 spiro atoms. The fourth-order valence-corrected chi connectivity index (χ4v) is 4.47. The number of aromatic amines is 1. The van der Waals surface area contributed by atoms with Gasteiger partial charge in [0.15, 0.2) is 5.65 Å². The van der Waals surface area contributed by atoms with Crippen molar-refractivity contribution in [1.82, 2.24) is 19.5 Å². The summed E-state index contributed by atoms with van der Waals surface area (Å²) in [6, 6.07) is 8.06. The van der Waals surface area contributed by atoms with Gasteiger partial charge in [0.1, 0.15) is 0 Å². The van der Waals surface area contributed by atoms with E-state index in [9.17, 15) is 8.42 Å². The average Bonchev–Trinajstić information content (AvgIpc) is 3.10. The maximum atomic E-state index is 12.9. The highest BCUT2D eigenvalue weighted by Gasteiger charge is 2.29. The Morgan fingerprint density at radius 1 is 1.29 bits per heavy atom. The van der Waals surface area contributed by atoms with Crippen molar-refractivity contribution in [2.24, 2.45) is 0 Å².